The van der Waals surface area contributed by atoms with Crippen LogP contribution in [-0.4, -0.2) is 19.6 Å². The second-order valence-corrected chi connectivity index (χ2v) is 9.52. The molecule has 0 bridgehead atoms. The Kier molecular flexibility index (Phi) is 20.6. The SMILES string of the molecule is CCCCCC/C=C/C(CCCCCCCCCCCCCC)COS(=O)(=O)O. The molecule has 0 aromatic carbocycles. The zero-order valence-electron chi connectivity index (χ0n) is 19.2. The van der Waals surface area contributed by atoms with Gasteiger partial charge in [0.25, 0.3) is 0 Å². The Labute approximate surface area is 181 Å². The molecule has 174 valence electrons. The van der Waals surface area contributed by atoms with Crippen LogP contribution in [0.3, 0.4) is 0 Å². The molecule has 0 aliphatic heterocycles. The second-order valence-electron chi connectivity index (χ2n) is 8.43. The van der Waals surface area contributed by atoms with Crippen molar-refractivity contribution in [1.29, 1.82) is 0 Å². The van der Waals surface area contributed by atoms with Crippen molar-refractivity contribution in [3.8, 4) is 0 Å². The van der Waals surface area contributed by atoms with Crippen LogP contribution < -0.4 is 0 Å². The maximum absolute atomic E-state index is 10.9. The van der Waals surface area contributed by atoms with Crippen molar-refractivity contribution in [2.45, 2.75) is 129 Å². The number of hydrogen-bond acceptors (Lipinski definition) is 3. The predicted molar refractivity (Wildman–Crippen MR) is 125 cm³/mol. The maximum atomic E-state index is 10.9. The van der Waals surface area contributed by atoms with Crippen LogP contribution in [-0.2, 0) is 14.6 Å². The Morgan fingerprint density at radius 1 is 0.724 bits per heavy atom. The molecule has 0 fully saturated rings. The molecule has 4 nitrogen and oxygen atoms in total. The van der Waals surface area contributed by atoms with Gasteiger partial charge in [-0.05, 0) is 19.3 Å². The van der Waals surface area contributed by atoms with E-state index in [4.69, 9.17) is 4.55 Å². The third-order valence-electron chi connectivity index (χ3n) is 5.49. The minimum Gasteiger partial charge on any atom is -0.264 e. The number of allylic oxidation sites excluding steroid dienone is 1. The van der Waals surface area contributed by atoms with Crippen LogP contribution in [0, 0.1) is 5.92 Å². The third kappa shape index (κ3) is 23.8. The molecule has 0 rings (SSSR count). The van der Waals surface area contributed by atoms with Crippen LogP contribution in [0.25, 0.3) is 0 Å². The molecular weight excluding hydrogens is 384 g/mol. The maximum Gasteiger partial charge on any atom is 0.397 e. The van der Waals surface area contributed by atoms with Crippen molar-refractivity contribution in [2.75, 3.05) is 6.61 Å². The molecule has 0 aliphatic carbocycles. The molecule has 1 atom stereocenters. The van der Waals surface area contributed by atoms with Gasteiger partial charge in [-0.15, -0.1) is 0 Å². The molecule has 0 spiro atoms. The number of unbranched alkanes of at least 4 members (excludes halogenated alkanes) is 15. The van der Waals surface area contributed by atoms with Crippen LogP contribution in [0.5, 0.6) is 0 Å². The Morgan fingerprint density at radius 2 is 1.17 bits per heavy atom. The molecule has 0 saturated heterocycles. The summed E-state index contributed by atoms with van der Waals surface area (Å²) < 4.78 is 35.2. The van der Waals surface area contributed by atoms with Crippen LogP contribution in [0.4, 0.5) is 0 Å². The van der Waals surface area contributed by atoms with E-state index in [-0.39, 0.29) is 12.5 Å². The van der Waals surface area contributed by atoms with E-state index in [2.05, 4.69) is 30.2 Å². The standard InChI is InChI=1S/C24H48O4S/c1-3-5-7-9-11-12-13-14-15-16-18-20-22-24(23-28-29(25,26)27)21-19-17-10-8-6-4-2/h19,21,24H,3-18,20,22-23H2,1-2H3,(H,25,26,27)/b21-19+. The lowest BCUT2D eigenvalue weighted by atomic mass is 9.99. The first-order valence-electron chi connectivity index (χ1n) is 12.3. The highest BCUT2D eigenvalue weighted by molar-refractivity contribution is 7.80. The van der Waals surface area contributed by atoms with Gasteiger partial charge in [0.05, 0.1) is 6.61 Å². The molecule has 0 aliphatic rings. The summed E-state index contributed by atoms with van der Waals surface area (Å²) in [5.74, 6) is 0.0613. The Morgan fingerprint density at radius 3 is 1.66 bits per heavy atom. The molecule has 0 aromatic heterocycles. The van der Waals surface area contributed by atoms with Crippen LogP contribution in [0.15, 0.2) is 12.2 Å². The van der Waals surface area contributed by atoms with E-state index >= 15 is 0 Å². The monoisotopic (exact) mass is 432 g/mol. The molecule has 0 radical (unpaired) electrons. The molecule has 29 heavy (non-hydrogen) atoms. The fourth-order valence-corrected chi connectivity index (χ4v) is 3.98. The molecular formula is C24H48O4S. The van der Waals surface area contributed by atoms with Gasteiger partial charge in [-0.2, -0.15) is 8.42 Å². The highest BCUT2D eigenvalue weighted by Crippen LogP contribution is 2.17. The Bertz CT molecular complexity index is 460. The third-order valence-corrected chi connectivity index (χ3v) is 5.93. The number of rotatable bonds is 22. The summed E-state index contributed by atoms with van der Waals surface area (Å²) in [7, 11) is -4.35. The van der Waals surface area contributed by atoms with E-state index in [0.29, 0.717) is 0 Å². The van der Waals surface area contributed by atoms with Crippen molar-refractivity contribution < 1.29 is 17.2 Å². The summed E-state index contributed by atoms with van der Waals surface area (Å²) in [6.07, 6.45) is 26.8. The fraction of sp³-hybridized carbons (Fsp3) is 0.917. The first kappa shape index (κ1) is 28.6. The van der Waals surface area contributed by atoms with Crippen molar-refractivity contribution >= 4 is 10.4 Å². The smallest absolute Gasteiger partial charge is 0.264 e. The molecule has 1 unspecified atom stereocenters. The zero-order chi connectivity index (χ0) is 21.6. The second kappa shape index (κ2) is 20.9. The largest absolute Gasteiger partial charge is 0.397 e. The van der Waals surface area contributed by atoms with E-state index in [1.165, 1.54) is 96.3 Å². The average molecular weight is 433 g/mol. The highest BCUT2D eigenvalue weighted by Gasteiger charge is 2.11. The Hall–Kier alpha value is -0.390. The van der Waals surface area contributed by atoms with Gasteiger partial charge in [-0.1, -0.05) is 122 Å². The van der Waals surface area contributed by atoms with E-state index in [1.54, 1.807) is 0 Å². The van der Waals surface area contributed by atoms with E-state index in [9.17, 15) is 8.42 Å². The van der Waals surface area contributed by atoms with Crippen LogP contribution >= 0.6 is 0 Å². The lowest BCUT2D eigenvalue weighted by Gasteiger charge is -2.12. The molecule has 5 heteroatoms. The first-order chi connectivity index (χ1) is 14.0. The fourth-order valence-electron chi connectivity index (χ4n) is 3.63. The summed E-state index contributed by atoms with van der Waals surface area (Å²) in [6.45, 7) is 4.50. The van der Waals surface area contributed by atoms with Gasteiger partial charge in [0.1, 0.15) is 0 Å². The van der Waals surface area contributed by atoms with Gasteiger partial charge in [0, 0.05) is 5.92 Å². The zero-order valence-corrected chi connectivity index (χ0v) is 20.1. The van der Waals surface area contributed by atoms with Gasteiger partial charge in [-0.3, -0.25) is 4.55 Å². The van der Waals surface area contributed by atoms with Gasteiger partial charge in [0.2, 0.25) is 0 Å². The minimum absolute atomic E-state index is 0.0440. The van der Waals surface area contributed by atoms with Crippen molar-refractivity contribution in [1.82, 2.24) is 0 Å². The quantitative estimate of drug-likeness (QED) is 0.107. The summed E-state index contributed by atoms with van der Waals surface area (Å²) in [5, 5.41) is 0. The molecule has 0 heterocycles. The highest BCUT2D eigenvalue weighted by atomic mass is 32.3. The van der Waals surface area contributed by atoms with E-state index < -0.39 is 10.4 Å². The minimum atomic E-state index is -4.35. The lowest BCUT2D eigenvalue weighted by Crippen LogP contribution is -2.12. The van der Waals surface area contributed by atoms with Gasteiger partial charge in [-0.25, -0.2) is 4.18 Å². The summed E-state index contributed by atoms with van der Waals surface area (Å²) in [5.41, 5.74) is 0. The number of hydrogen-bond donors (Lipinski definition) is 1. The summed E-state index contributed by atoms with van der Waals surface area (Å²) in [6, 6.07) is 0. The van der Waals surface area contributed by atoms with Crippen molar-refractivity contribution in [2.24, 2.45) is 5.92 Å². The lowest BCUT2D eigenvalue weighted by molar-refractivity contribution is 0.234. The van der Waals surface area contributed by atoms with Gasteiger partial charge < -0.3 is 0 Å². The molecule has 1 N–H and O–H groups in total. The van der Waals surface area contributed by atoms with Crippen molar-refractivity contribution in [3.63, 3.8) is 0 Å². The summed E-state index contributed by atoms with van der Waals surface area (Å²) in [4.78, 5) is 0. The normalized spacial score (nSPS) is 13.3. The molecule has 0 amide bonds. The average Bonchev–Trinajstić information content (AvgIpc) is 2.68. The molecule has 0 saturated carbocycles. The predicted octanol–water partition coefficient (Wildman–Crippen LogP) is 8.04. The topological polar surface area (TPSA) is 63.6 Å². The van der Waals surface area contributed by atoms with Crippen LogP contribution in [0.1, 0.15) is 129 Å². The van der Waals surface area contributed by atoms with Crippen LogP contribution in [0.2, 0.25) is 0 Å². The Balaban J connectivity index is 3.82. The van der Waals surface area contributed by atoms with E-state index in [1.807, 2.05) is 0 Å². The van der Waals surface area contributed by atoms with Gasteiger partial charge >= 0.3 is 10.4 Å². The van der Waals surface area contributed by atoms with Gasteiger partial charge in [0.15, 0.2) is 0 Å². The molecule has 0 aromatic rings. The van der Waals surface area contributed by atoms with E-state index in [0.717, 1.165) is 19.3 Å². The summed E-state index contributed by atoms with van der Waals surface area (Å²) >= 11 is 0. The first-order valence-corrected chi connectivity index (χ1v) is 13.6. The van der Waals surface area contributed by atoms with Crippen molar-refractivity contribution in [3.05, 3.63) is 12.2 Å².